The Kier molecular flexibility index (Phi) is 9.37. The molecule has 10 nitrogen and oxygen atoms in total. The summed E-state index contributed by atoms with van der Waals surface area (Å²) in [5.74, 6) is -1.05. The summed E-state index contributed by atoms with van der Waals surface area (Å²) in [6.45, 7) is 6.76. The van der Waals surface area contributed by atoms with E-state index in [-0.39, 0.29) is 23.7 Å². The molecule has 1 saturated heterocycles. The first kappa shape index (κ1) is 29.4. The van der Waals surface area contributed by atoms with Crippen LogP contribution in [0.5, 0.6) is 0 Å². The minimum Gasteiger partial charge on any atom is -0.481 e. The van der Waals surface area contributed by atoms with Crippen LogP contribution >= 0.6 is 0 Å². The number of fused-ring (bicyclic) bond motifs is 1. The van der Waals surface area contributed by atoms with Crippen LogP contribution in [0.2, 0.25) is 0 Å². The molecule has 0 spiro atoms. The number of aromatic amines is 1. The molecule has 1 saturated carbocycles. The molecule has 2 fully saturated rings. The van der Waals surface area contributed by atoms with E-state index in [2.05, 4.69) is 15.6 Å². The standard InChI is InChI=1S/C30H42N4O6/c1-30(2,3)40-29(39)33-25(16-22-18-31-24-7-5-4-6-23(22)24)27(36)34-14-12-20(13-15-34)26(35)32-17-19-8-10-21(11-9-19)28(37)38/h4-7,18-21,25,31H,8-17H2,1-3H3,(H,32,35)(H,33,39)(H,37,38)/t19?,21?,25-/m0/s1. The number of carboxylic acid groups (broad SMARTS) is 1. The van der Waals surface area contributed by atoms with Gasteiger partial charge in [0, 0.05) is 49.1 Å². The number of amides is 3. The number of aliphatic carboxylic acids is 1. The number of nitrogens with zero attached hydrogens (tertiary/aromatic N) is 1. The summed E-state index contributed by atoms with van der Waals surface area (Å²) >= 11 is 0. The number of para-hydroxylation sites is 1. The van der Waals surface area contributed by atoms with Gasteiger partial charge in [0.05, 0.1) is 5.92 Å². The van der Waals surface area contributed by atoms with Gasteiger partial charge < -0.3 is 30.4 Å². The van der Waals surface area contributed by atoms with E-state index >= 15 is 0 Å². The summed E-state index contributed by atoms with van der Waals surface area (Å²) < 4.78 is 5.44. The number of hydrogen-bond donors (Lipinski definition) is 4. The molecule has 1 aromatic heterocycles. The number of likely N-dealkylation sites (tertiary alicyclic amines) is 1. The van der Waals surface area contributed by atoms with Gasteiger partial charge in [-0.25, -0.2) is 4.79 Å². The van der Waals surface area contributed by atoms with Crippen molar-refractivity contribution in [2.75, 3.05) is 19.6 Å². The monoisotopic (exact) mass is 554 g/mol. The third kappa shape index (κ3) is 7.76. The molecule has 10 heteroatoms. The molecule has 2 aromatic rings. The molecule has 1 aromatic carbocycles. The predicted molar refractivity (Wildman–Crippen MR) is 151 cm³/mol. The lowest BCUT2D eigenvalue weighted by Gasteiger charge is -2.34. The Morgan fingerprint density at radius 1 is 1.02 bits per heavy atom. The number of piperidine rings is 1. The zero-order valence-electron chi connectivity index (χ0n) is 23.7. The van der Waals surface area contributed by atoms with E-state index < -0.39 is 23.7 Å². The molecule has 4 N–H and O–H groups in total. The van der Waals surface area contributed by atoms with Gasteiger partial charge in [-0.15, -0.1) is 0 Å². The van der Waals surface area contributed by atoms with Crippen molar-refractivity contribution < 1.29 is 29.0 Å². The van der Waals surface area contributed by atoms with Crippen LogP contribution in [0.15, 0.2) is 30.5 Å². The molecule has 2 heterocycles. The molecular formula is C30H42N4O6. The van der Waals surface area contributed by atoms with Crippen LogP contribution in [0.25, 0.3) is 10.9 Å². The third-order valence-corrected chi connectivity index (χ3v) is 8.03. The summed E-state index contributed by atoms with van der Waals surface area (Å²) in [6.07, 6.45) is 5.59. The number of H-pyrrole nitrogens is 1. The molecule has 0 radical (unpaired) electrons. The number of hydrogen-bond acceptors (Lipinski definition) is 5. The molecular weight excluding hydrogens is 512 g/mol. The number of carbonyl (C=O) groups excluding carboxylic acids is 3. The van der Waals surface area contributed by atoms with Crippen LogP contribution in [-0.2, 0) is 25.5 Å². The van der Waals surface area contributed by atoms with Gasteiger partial charge in [0.2, 0.25) is 11.8 Å². The number of rotatable bonds is 8. The fraction of sp³-hybridized carbons (Fsp3) is 0.600. The second-order valence-electron chi connectivity index (χ2n) is 12.2. The van der Waals surface area contributed by atoms with Crippen molar-refractivity contribution in [3.63, 3.8) is 0 Å². The number of aromatic nitrogens is 1. The van der Waals surface area contributed by atoms with Crippen molar-refractivity contribution in [1.82, 2.24) is 20.5 Å². The van der Waals surface area contributed by atoms with Crippen molar-refractivity contribution in [2.45, 2.75) is 77.4 Å². The fourth-order valence-corrected chi connectivity index (χ4v) is 5.76. The highest BCUT2D eigenvalue weighted by Gasteiger charge is 2.33. The molecule has 4 rings (SSSR count). The SMILES string of the molecule is CC(C)(C)OC(=O)N[C@@H](Cc1c[nH]c2ccccc12)C(=O)N1CCC(C(=O)NCC2CCC(C(=O)O)CC2)CC1. The van der Waals surface area contributed by atoms with Gasteiger partial charge in [-0.2, -0.15) is 0 Å². The van der Waals surface area contributed by atoms with Gasteiger partial charge in [0.15, 0.2) is 0 Å². The van der Waals surface area contributed by atoms with E-state index in [1.54, 1.807) is 25.7 Å². The van der Waals surface area contributed by atoms with Crippen molar-refractivity contribution in [3.05, 3.63) is 36.0 Å². The van der Waals surface area contributed by atoms with Crippen LogP contribution < -0.4 is 10.6 Å². The maximum absolute atomic E-state index is 13.6. The lowest BCUT2D eigenvalue weighted by Crippen LogP contribution is -2.53. The summed E-state index contributed by atoms with van der Waals surface area (Å²) in [4.78, 5) is 55.3. The maximum Gasteiger partial charge on any atom is 0.408 e. The van der Waals surface area contributed by atoms with Gasteiger partial charge in [-0.3, -0.25) is 14.4 Å². The van der Waals surface area contributed by atoms with Crippen molar-refractivity contribution >= 4 is 34.8 Å². The number of alkyl carbamates (subject to hydrolysis) is 1. The Morgan fingerprint density at radius 2 is 1.70 bits per heavy atom. The van der Waals surface area contributed by atoms with Crippen LogP contribution in [0.1, 0.15) is 64.9 Å². The third-order valence-electron chi connectivity index (χ3n) is 8.03. The lowest BCUT2D eigenvalue weighted by molar-refractivity contribution is -0.143. The maximum atomic E-state index is 13.6. The highest BCUT2D eigenvalue weighted by Crippen LogP contribution is 2.29. The smallest absolute Gasteiger partial charge is 0.408 e. The average Bonchev–Trinajstić information content (AvgIpc) is 3.33. The zero-order valence-corrected chi connectivity index (χ0v) is 23.7. The first-order valence-electron chi connectivity index (χ1n) is 14.3. The van der Waals surface area contributed by atoms with Gasteiger partial charge >= 0.3 is 12.1 Å². The van der Waals surface area contributed by atoms with Gasteiger partial charge in [0.1, 0.15) is 11.6 Å². The van der Waals surface area contributed by atoms with Crippen molar-refractivity contribution in [2.24, 2.45) is 17.8 Å². The van der Waals surface area contributed by atoms with E-state index in [4.69, 9.17) is 4.74 Å². The largest absolute Gasteiger partial charge is 0.481 e. The molecule has 1 atom stereocenters. The lowest BCUT2D eigenvalue weighted by atomic mass is 9.82. The molecule has 1 aliphatic carbocycles. The van der Waals surface area contributed by atoms with E-state index in [0.717, 1.165) is 29.3 Å². The molecule has 0 unspecified atom stereocenters. The molecule has 40 heavy (non-hydrogen) atoms. The Labute approximate surface area is 235 Å². The van der Waals surface area contributed by atoms with E-state index in [1.807, 2.05) is 30.5 Å². The Balaban J connectivity index is 1.32. The van der Waals surface area contributed by atoms with Crippen LogP contribution in [0.4, 0.5) is 4.79 Å². The van der Waals surface area contributed by atoms with Gasteiger partial charge in [-0.05, 0) is 76.8 Å². The number of benzene rings is 1. The van der Waals surface area contributed by atoms with Gasteiger partial charge in [0.25, 0.3) is 0 Å². The number of carbonyl (C=O) groups is 4. The zero-order chi connectivity index (χ0) is 28.9. The quantitative estimate of drug-likeness (QED) is 0.391. The van der Waals surface area contributed by atoms with E-state index in [9.17, 15) is 24.3 Å². The Bertz CT molecular complexity index is 1200. The van der Waals surface area contributed by atoms with Crippen molar-refractivity contribution in [3.8, 4) is 0 Å². The normalized spacial score (nSPS) is 21.0. The van der Waals surface area contributed by atoms with E-state index in [0.29, 0.717) is 57.7 Å². The summed E-state index contributed by atoms with van der Waals surface area (Å²) in [5.41, 5.74) is 1.19. The number of carboxylic acids is 1. The van der Waals surface area contributed by atoms with Gasteiger partial charge in [-0.1, -0.05) is 18.2 Å². The second kappa shape index (κ2) is 12.7. The van der Waals surface area contributed by atoms with Crippen LogP contribution in [-0.4, -0.2) is 70.1 Å². The highest BCUT2D eigenvalue weighted by atomic mass is 16.6. The first-order chi connectivity index (χ1) is 19.0. The number of ether oxygens (including phenoxy) is 1. The summed E-state index contributed by atoms with van der Waals surface area (Å²) in [7, 11) is 0. The Morgan fingerprint density at radius 3 is 2.35 bits per heavy atom. The topological polar surface area (TPSA) is 141 Å². The first-order valence-corrected chi connectivity index (χ1v) is 14.3. The Hall–Kier alpha value is -3.56. The predicted octanol–water partition coefficient (Wildman–Crippen LogP) is 3.85. The van der Waals surface area contributed by atoms with Crippen LogP contribution in [0.3, 0.4) is 0 Å². The fourth-order valence-electron chi connectivity index (χ4n) is 5.76. The minimum absolute atomic E-state index is 0.00493. The second-order valence-corrected chi connectivity index (χ2v) is 12.2. The van der Waals surface area contributed by atoms with E-state index in [1.165, 1.54) is 0 Å². The molecule has 1 aliphatic heterocycles. The average molecular weight is 555 g/mol. The molecule has 3 amide bonds. The minimum atomic E-state index is -0.805. The highest BCUT2D eigenvalue weighted by molar-refractivity contribution is 5.89. The number of nitrogens with one attached hydrogen (secondary N) is 3. The molecule has 218 valence electrons. The summed E-state index contributed by atoms with van der Waals surface area (Å²) in [6, 6.07) is 7.02. The van der Waals surface area contributed by atoms with Crippen molar-refractivity contribution in [1.29, 1.82) is 0 Å². The molecule has 0 bridgehead atoms. The molecule has 2 aliphatic rings. The summed E-state index contributed by atoms with van der Waals surface area (Å²) in [5, 5.41) is 16.0. The van der Waals surface area contributed by atoms with Crippen LogP contribution in [0, 0.1) is 17.8 Å².